The van der Waals surface area contributed by atoms with E-state index >= 15 is 4.39 Å². The first-order valence-corrected chi connectivity index (χ1v) is 12.5. The zero-order chi connectivity index (χ0) is 23.6. The monoisotopic (exact) mass is 476 g/mol. The van der Waals surface area contributed by atoms with Crippen LogP contribution in [0, 0.1) is 5.82 Å². The number of ether oxygens (including phenoxy) is 1. The third-order valence-corrected chi connectivity index (χ3v) is 7.14. The Morgan fingerprint density at radius 1 is 1.21 bits per heavy atom. The van der Waals surface area contributed by atoms with Crippen molar-refractivity contribution in [3.8, 4) is 5.75 Å². The highest BCUT2D eigenvalue weighted by Crippen LogP contribution is 2.40. The maximum atomic E-state index is 15.9. The Morgan fingerprint density at radius 3 is 2.64 bits per heavy atom. The second kappa shape index (κ2) is 9.66. The highest BCUT2D eigenvalue weighted by molar-refractivity contribution is 7.92. The van der Waals surface area contributed by atoms with Crippen LogP contribution in [0.25, 0.3) is 0 Å². The lowest BCUT2D eigenvalue weighted by molar-refractivity contribution is -0.117. The van der Waals surface area contributed by atoms with Crippen LogP contribution in [0.4, 0.5) is 10.1 Å². The summed E-state index contributed by atoms with van der Waals surface area (Å²) in [6, 6.07) is 11.4. The van der Waals surface area contributed by atoms with Crippen molar-refractivity contribution in [3.05, 3.63) is 58.9 Å². The van der Waals surface area contributed by atoms with Crippen molar-refractivity contribution in [2.24, 2.45) is 0 Å². The number of rotatable bonds is 8. The van der Waals surface area contributed by atoms with Gasteiger partial charge in [-0.15, -0.1) is 0 Å². The molecule has 8 nitrogen and oxygen atoms in total. The summed E-state index contributed by atoms with van der Waals surface area (Å²) in [4.78, 5) is 14.0. The first kappa shape index (κ1) is 23.5. The van der Waals surface area contributed by atoms with Gasteiger partial charge in [0.15, 0.2) is 5.82 Å². The molecule has 2 aromatic rings. The fraction of sp³-hybridized carbons (Fsp3) is 0.435. The average Bonchev–Trinajstić information content (AvgIpc) is 3.04. The van der Waals surface area contributed by atoms with Crippen molar-refractivity contribution in [2.75, 3.05) is 30.5 Å². The number of nitrogens with one attached hydrogen (secondary N) is 2. The molecule has 4 rings (SSSR count). The molecule has 0 atom stereocenters. The van der Waals surface area contributed by atoms with Crippen molar-refractivity contribution in [3.63, 3.8) is 0 Å². The van der Waals surface area contributed by atoms with E-state index < -0.39 is 28.5 Å². The average molecular weight is 477 g/mol. The molecule has 0 unspecified atom stereocenters. The molecule has 1 fully saturated rings. The van der Waals surface area contributed by atoms with Gasteiger partial charge in [-0.3, -0.25) is 9.69 Å². The summed E-state index contributed by atoms with van der Waals surface area (Å²) in [5.74, 6) is -1.25. The lowest BCUT2D eigenvalue weighted by atomic mass is 9.97. The fourth-order valence-corrected chi connectivity index (χ4v) is 5.27. The number of anilines is 1. The van der Waals surface area contributed by atoms with Crippen LogP contribution in [-0.2, 0) is 34.6 Å². The Labute approximate surface area is 193 Å². The number of hydrogen-bond acceptors (Lipinski definition) is 6. The van der Waals surface area contributed by atoms with Gasteiger partial charge >= 0.3 is 10.2 Å². The Morgan fingerprint density at radius 2 is 1.97 bits per heavy atom. The molecule has 0 spiro atoms. The molecule has 2 aliphatic rings. The summed E-state index contributed by atoms with van der Waals surface area (Å²) in [7, 11) is -4.19. The van der Waals surface area contributed by atoms with Gasteiger partial charge in [-0.05, 0) is 23.6 Å². The third kappa shape index (κ3) is 5.29. The molecule has 2 N–H and O–H groups in total. The molecule has 178 valence electrons. The van der Waals surface area contributed by atoms with Crippen molar-refractivity contribution in [1.29, 1.82) is 0 Å². The molecular weight excluding hydrogens is 447 g/mol. The van der Waals surface area contributed by atoms with E-state index in [4.69, 9.17) is 4.74 Å². The Kier molecular flexibility index (Phi) is 6.87. The second-order valence-electron chi connectivity index (χ2n) is 8.62. The molecule has 2 heterocycles. The van der Waals surface area contributed by atoms with Gasteiger partial charge < -0.3 is 10.1 Å². The van der Waals surface area contributed by atoms with E-state index in [9.17, 15) is 13.2 Å². The molecule has 2 aromatic carbocycles. The van der Waals surface area contributed by atoms with Gasteiger partial charge in [0.05, 0.1) is 0 Å². The Bertz CT molecular complexity index is 1130. The van der Waals surface area contributed by atoms with Crippen LogP contribution < -0.4 is 19.1 Å². The number of amides is 1. The molecule has 1 amide bonds. The quantitative estimate of drug-likeness (QED) is 0.605. The van der Waals surface area contributed by atoms with Gasteiger partial charge in [0.25, 0.3) is 5.91 Å². The first-order chi connectivity index (χ1) is 15.7. The maximum absolute atomic E-state index is 15.9. The van der Waals surface area contributed by atoms with Gasteiger partial charge in [-0.2, -0.15) is 8.42 Å². The molecule has 0 radical (unpaired) electrons. The molecule has 0 saturated carbocycles. The number of hydrogen-bond donors (Lipinski definition) is 2. The minimum Gasteiger partial charge on any atom is -0.487 e. The van der Waals surface area contributed by atoms with E-state index in [1.165, 1.54) is 0 Å². The predicted octanol–water partition coefficient (Wildman–Crippen LogP) is 1.94. The fourth-order valence-electron chi connectivity index (χ4n) is 4.11. The highest BCUT2D eigenvalue weighted by atomic mass is 32.2. The molecule has 10 heteroatoms. The van der Waals surface area contributed by atoms with E-state index in [0.717, 1.165) is 35.1 Å². The predicted molar refractivity (Wildman–Crippen MR) is 124 cm³/mol. The maximum Gasteiger partial charge on any atom is 0.326 e. The number of fused-ring (bicyclic) bond motifs is 1. The standard InChI is InChI=1S/C23H29FN4O4S/c1-16(2)25-9-11-27-10-8-18-12-20(32-15-17-6-4-3-5-7-17)23(22(24)19(18)13-27)28-14-21(29)26-33(28,30)31/h3-7,12,16,25H,8-11,13-15H2,1-2H3,(H,26,29). The molecule has 1 saturated heterocycles. The van der Waals surface area contributed by atoms with Crippen molar-refractivity contribution < 1.29 is 22.3 Å². The van der Waals surface area contributed by atoms with Crippen LogP contribution in [-0.4, -0.2) is 51.4 Å². The van der Waals surface area contributed by atoms with E-state index in [0.29, 0.717) is 24.6 Å². The minimum absolute atomic E-state index is 0.116. The summed E-state index contributed by atoms with van der Waals surface area (Å²) < 4.78 is 49.6. The largest absolute Gasteiger partial charge is 0.487 e. The number of carbonyl (C=O) groups excluding carboxylic acids is 1. The normalized spacial score (nSPS) is 17.8. The minimum atomic E-state index is -4.19. The second-order valence-corrected chi connectivity index (χ2v) is 10.2. The van der Waals surface area contributed by atoms with Crippen molar-refractivity contribution >= 4 is 21.8 Å². The number of nitrogens with zero attached hydrogens (tertiary/aromatic N) is 2. The third-order valence-electron chi connectivity index (χ3n) is 5.77. The summed E-state index contributed by atoms with van der Waals surface area (Å²) in [5.41, 5.74) is 1.89. The summed E-state index contributed by atoms with van der Waals surface area (Å²) in [6.07, 6.45) is 0.625. The summed E-state index contributed by atoms with van der Waals surface area (Å²) in [5, 5.41) is 3.36. The van der Waals surface area contributed by atoms with Crippen LogP contribution in [0.3, 0.4) is 0 Å². The van der Waals surface area contributed by atoms with Crippen LogP contribution in [0.2, 0.25) is 0 Å². The molecule has 0 bridgehead atoms. The van der Waals surface area contributed by atoms with Crippen molar-refractivity contribution in [1.82, 2.24) is 14.9 Å². The van der Waals surface area contributed by atoms with Gasteiger partial charge in [0, 0.05) is 37.8 Å². The van der Waals surface area contributed by atoms with E-state index in [-0.39, 0.29) is 18.0 Å². The van der Waals surface area contributed by atoms with Gasteiger partial charge in [-0.1, -0.05) is 44.2 Å². The zero-order valence-corrected chi connectivity index (χ0v) is 19.6. The van der Waals surface area contributed by atoms with Crippen LogP contribution in [0.15, 0.2) is 36.4 Å². The lowest BCUT2D eigenvalue weighted by Crippen LogP contribution is -2.38. The molecule has 0 aliphatic carbocycles. The molecule has 0 aromatic heterocycles. The number of carbonyl (C=O) groups is 1. The first-order valence-electron chi connectivity index (χ1n) is 11.0. The van der Waals surface area contributed by atoms with Crippen LogP contribution in [0.5, 0.6) is 5.75 Å². The summed E-state index contributed by atoms with van der Waals surface area (Å²) >= 11 is 0. The smallest absolute Gasteiger partial charge is 0.326 e. The summed E-state index contributed by atoms with van der Waals surface area (Å²) in [6.45, 7) is 6.46. The van der Waals surface area contributed by atoms with E-state index in [1.807, 2.05) is 35.1 Å². The molecular formula is C23H29FN4O4S. The number of halogens is 1. The van der Waals surface area contributed by atoms with Crippen LogP contribution >= 0.6 is 0 Å². The highest BCUT2D eigenvalue weighted by Gasteiger charge is 2.39. The molecule has 2 aliphatic heterocycles. The van der Waals surface area contributed by atoms with Gasteiger partial charge in [-0.25, -0.2) is 13.4 Å². The van der Waals surface area contributed by atoms with Crippen molar-refractivity contribution in [2.45, 2.75) is 39.5 Å². The van der Waals surface area contributed by atoms with Gasteiger partial charge in [0.1, 0.15) is 24.6 Å². The number of benzene rings is 2. The lowest BCUT2D eigenvalue weighted by Gasteiger charge is -2.31. The Hall–Kier alpha value is -2.69. The zero-order valence-electron chi connectivity index (χ0n) is 18.8. The topological polar surface area (TPSA) is 91.0 Å². The van der Waals surface area contributed by atoms with Crippen LogP contribution in [0.1, 0.15) is 30.5 Å². The van der Waals surface area contributed by atoms with E-state index in [2.05, 4.69) is 24.1 Å². The van der Waals surface area contributed by atoms with E-state index in [1.54, 1.807) is 6.07 Å². The molecule has 33 heavy (non-hydrogen) atoms. The van der Waals surface area contributed by atoms with Gasteiger partial charge in [0.2, 0.25) is 0 Å². The Balaban J connectivity index is 1.67. The SMILES string of the molecule is CC(C)NCCN1CCc2cc(OCc3ccccc3)c(N3CC(=O)NS3(=O)=O)c(F)c2C1.